The van der Waals surface area contributed by atoms with Gasteiger partial charge in [-0.1, -0.05) is 27.7 Å². The van der Waals surface area contributed by atoms with Crippen LogP contribution in [0.5, 0.6) is 0 Å². The van der Waals surface area contributed by atoms with Gasteiger partial charge in [0.25, 0.3) is 0 Å². The first-order valence-corrected chi connectivity index (χ1v) is 6.03. The largest absolute Gasteiger partial charge is 0.381 e. The Hall–Kier alpha value is -0.0800. The summed E-state index contributed by atoms with van der Waals surface area (Å²) in [7, 11) is 0. The first kappa shape index (κ1) is 13.9. The zero-order valence-electron chi connectivity index (χ0n) is 10.3. The highest BCUT2D eigenvalue weighted by molar-refractivity contribution is 4.67. The van der Waals surface area contributed by atoms with Crippen molar-refractivity contribution in [2.45, 2.75) is 53.0 Å². The maximum absolute atomic E-state index is 5.42. The standard InChI is InChI=1S/C12H27NO/c1-5-9-14-10-7-8-13-12(6-2)11(3)4/h11-13H,5-10H2,1-4H3. The van der Waals surface area contributed by atoms with Crippen molar-refractivity contribution in [3.05, 3.63) is 0 Å². The van der Waals surface area contributed by atoms with E-state index in [4.69, 9.17) is 4.74 Å². The van der Waals surface area contributed by atoms with E-state index in [1.165, 1.54) is 6.42 Å². The van der Waals surface area contributed by atoms with Crippen LogP contribution in [0.15, 0.2) is 0 Å². The molecular formula is C12H27NO. The number of nitrogens with one attached hydrogen (secondary N) is 1. The maximum atomic E-state index is 5.42. The van der Waals surface area contributed by atoms with Crippen LogP contribution >= 0.6 is 0 Å². The van der Waals surface area contributed by atoms with Gasteiger partial charge in [-0.2, -0.15) is 0 Å². The van der Waals surface area contributed by atoms with Crippen LogP contribution in [0.2, 0.25) is 0 Å². The Morgan fingerprint density at radius 1 is 1.14 bits per heavy atom. The lowest BCUT2D eigenvalue weighted by Crippen LogP contribution is -2.34. The van der Waals surface area contributed by atoms with Crippen molar-refractivity contribution in [1.29, 1.82) is 0 Å². The fourth-order valence-corrected chi connectivity index (χ4v) is 1.56. The summed E-state index contributed by atoms with van der Waals surface area (Å²) in [4.78, 5) is 0. The van der Waals surface area contributed by atoms with E-state index < -0.39 is 0 Å². The Kier molecular flexibility index (Phi) is 9.42. The first-order chi connectivity index (χ1) is 6.72. The summed E-state index contributed by atoms with van der Waals surface area (Å²) in [5.41, 5.74) is 0. The predicted octanol–water partition coefficient (Wildman–Crippen LogP) is 2.83. The maximum Gasteiger partial charge on any atom is 0.0478 e. The van der Waals surface area contributed by atoms with Gasteiger partial charge in [0.05, 0.1) is 0 Å². The molecule has 0 aromatic heterocycles. The molecule has 1 atom stereocenters. The molecule has 0 heterocycles. The summed E-state index contributed by atoms with van der Waals surface area (Å²) < 4.78 is 5.42. The summed E-state index contributed by atoms with van der Waals surface area (Å²) in [6, 6.07) is 0.668. The Bertz CT molecular complexity index is 115. The Morgan fingerprint density at radius 2 is 1.86 bits per heavy atom. The lowest BCUT2D eigenvalue weighted by Gasteiger charge is -2.20. The molecular weight excluding hydrogens is 174 g/mol. The predicted molar refractivity (Wildman–Crippen MR) is 62.6 cm³/mol. The van der Waals surface area contributed by atoms with E-state index in [2.05, 4.69) is 33.0 Å². The molecule has 2 heteroatoms. The second-order valence-electron chi connectivity index (χ2n) is 4.18. The van der Waals surface area contributed by atoms with E-state index in [9.17, 15) is 0 Å². The normalized spacial score (nSPS) is 13.5. The highest BCUT2D eigenvalue weighted by atomic mass is 16.5. The molecule has 0 aliphatic carbocycles. The zero-order valence-corrected chi connectivity index (χ0v) is 10.3. The lowest BCUT2D eigenvalue weighted by molar-refractivity contribution is 0.131. The molecule has 14 heavy (non-hydrogen) atoms. The third-order valence-electron chi connectivity index (χ3n) is 2.47. The fourth-order valence-electron chi connectivity index (χ4n) is 1.56. The van der Waals surface area contributed by atoms with E-state index in [1.54, 1.807) is 0 Å². The van der Waals surface area contributed by atoms with E-state index in [0.29, 0.717) is 6.04 Å². The van der Waals surface area contributed by atoms with Crippen LogP contribution in [0.4, 0.5) is 0 Å². The van der Waals surface area contributed by atoms with Gasteiger partial charge in [-0.05, 0) is 31.7 Å². The molecule has 0 spiro atoms. The highest BCUT2D eigenvalue weighted by Gasteiger charge is 2.08. The summed E-state index contributed by atoms with van der Waals surface area (Å²) in [6.07, 6.45) is 3.47. The summed E-state index contributed by atoms with van der Waals surface area (Å²) >= 11 is 0. The van der Waals surface area contributed by atoms with Gasteiger partial charge in [0.2, 0.25) is 0 Å². The van der Waals surface area contributed by atoms with Crippen LogP contribution in [-0.4, -0.2) is 25.8 Å². The van der Waals surface area contributed by atoms with Gasteiger partial charge in [-0.15, -0.1) is 0 Å². The second kappa shape index (κ2) is 9.47. The Balaban J connectivity index is 3.25. The van der Waals surface area contributed by atoms with Gasteiger partial charge in [0.15, 0.2) is 0 Å². The van der Waals surface area contributed by atoms with Gasteiger partial charge in [-0.25, -0.2) is 0 Å². The minimum atomic E-state index is 0.668. The zero-order chi connectivity index (χ0) is 10.8. The van der Waals surface area contributed by atoms with Crippen molar-refractivity contribution in [2.75, 3.05) is 19.8 Å². The molecule has 1 N–H and O–H groups in total. The smallest absolute Gasteiger partial charge is 0.0478 e. The Morgan fingerprint density at radius 3 is 2.36 bits per heavy atom. The van der Waals surface area contributed by atoms with Crippen LogP contribution in [0.25, 0.3) is 0 Å². The molecule has 0 aliphatic rings. The molecule has 1 unspecified atom stereocenters. The molecule has 0 amide bonds. The second-order valence-corrected chi connectivity index (χ2v) is 4.18. The Labute approximate surface area is 89.4 Å². The summed E-state index contributed by atoms with van der Waals surface area (Å²) in [6.45, 7) is 11.8. The molecule has 0 aromatic carbocycles. The van der Waals surface area contributed by atoms with Gasteiger partial charge in [0, 0.05) is 19.3 Å². The molecule has 0 fully saturated rings. The van der Waals surface area contributed by atoms with Crippen LogP contribution in [-0.2, 0) is 4.74 Å². The van der Waals surface area contributed by atoms with Crippen molar-refractivity contribution >= 4 is 0 Å². The summed E-state index contributed by atoms with van der Waals surface area (Å²) in [5.74, 6) is 0.733. The molecule has 86 valence electrons. The monoisotopic (exact) mass is 201 g/mol. The minimum absolute atomic E-state index is 0.668. The van der Waals surface area contributed by atoms with E-state index in [0.717, 1.165) is 38.5 Å². The fraction of sp³-hybridized carbons (Fsp3) is 1.00. The third-order valence-corrected chi connectivity index (χ3v) is 2.47. The lowest BCUT2D eigenvalue weighted by atomic mass is 10.0. The number of ether oxygens (including phenoxy) is 1. The van der Waals surface area contributed by atoms with E-state index in [-0.39, 0.29) is 0 Å². The number of hydrogen-bond donors (Lipinski definition) is 1. The average molecular weight is 201 g/mol. The molecule has 0 radical (unpaired) electrons. The average Bonchev–Trinajstić information content (AvgIpc) is 2.16. The van der Waals surface area contributed by atoms with Crippen molar-refractivity contribution in [1.82, 2.24) is 5.32 Å². The van der Waals surface area contributed by atoms with Gasteiger partial charge < -0.3 is 10.1 Å². The topological polar surface area (TPSA) is 21.3 Å². The van der Waals surface area contributed by atoms with Crippen molar-refractivity contribution in [3.8, 4) is 0 Å². The molecule has 2 nitrogen and oxygen atoms in total. The third kappa shape index (κ3) is 7.34. The molecule has 0 bridgehead atoms. The number of hydrogen-bond acceptors (Lipinski definition) is 2. The minimum Gasteiger partial charge on any atom is -0.381 e. The van der Waals surface area contributed by atoms with Crippen molar-refractivity contribution < 1.29 is 4.74 Å². The molecule has 0 aromatic rings. The van der Waals surface area contributed by atoms with Gasteiger partial charge in [-0.3, -0.25) is 0 Å². The van der Waals surface area contributed by atoms with Gasteiger partial charge in [0.1, 0.15) is 0 Å². The molecule has 0 saturated carbocycles. The molecule has 0 aliphatic heterocycles. The number of rotatable bonds is 9. The highest BCUT2D eigenvalue weighted by Crippen LogP contribution is 2.04. The van der Waals surface area contributed by atoms with E-state index in [1.807, 2.05) is 0 Å². The quantitative estimate of drug-likeness (QED) is 0.579. The van der Waals surface area contributed by atoms with E-state index >= 15 is 0 Å². The van der Waals surface area contributed by atoms with Crippen LogP contribution in [0.3, 0.4) is 0 Å². The first-order valence-electron chi connectivity index (χ1n) is 6.03. The van der Waals surface area contributed by atoms with Crippen molar-refractivity contribution in [3.63, 3.8) is 0 Å². The molecule has 0 rings (SSSR count). The van der Waals surface area contributed by atoms with Gasteiger partial charge >= 0.3 is 0 Å². The molecule has 0 saturated heterocycles. The summed E-state index contributed by atoms with van der Waals surface area (Å²) in [5, 5.41) is 3.57. The SMILES string of the molecule is CCCOCCCNC(CC)C(C)C. The van der Waals surface area contributed by atoms with Crippen LogP contribution < -0.4 is 5.32 Å². The van der Waals surface area contributed by atoms with Crippen LogP contribution in [0, 0.1) is 5.92 Å². The van der Waals surface area contributed by atoms with Crippen molar-refractivity contribution in [2.24, 2.45) is 5.92 Å². The van der Waals surface area contributed by atoms with Crippen LogP contribution in [0.1, 0.15) is 47.0 Å².